The molecule has 3 nitrogen and oxygen atoms in total. The maximum absolute atomic E-state index is 12.3. The molecule has 0 fully saturated rings. The minimum atomic E-state index is -4.15. The Bertz CT molecular complexity index is 365. The largest absolute Gasteiger partial charge is 0.497 e. The van der Waals surface area contributed by atoms with Gasteiger partial charge in [0, 0.05) is 18.8 Å². The van der Waals surface area contributed by atoms with Crippen molar-refractivity contribution in [1.82, 2.24) is 0 Å². The molecule has 0 radical (unpaired) electrons. The summed E-state index contributed by atoms with van der Waals surface area (Å²) in [6.45, 7) is 0.910. The lowest BCUT2D eigenvalue weighted by atomic mass is 10.2. The van der Waals surface area contributed by atoms with Gasteiger partial charge < -0.3 is 15.4 Å². The van der Waals surface area contributed by atoms with Crippen molar-refractivity contribution >= 4 is 5.69 Å². The van der Waals surface area contributed by atoms with Crippen LogP contribution in [0.15, 0.2) is 24.3 Å². The molecule has 1 rings (SSSR count). The van der Waals surface area contributed by atoms with Gasteiger partial charge in [0.25, 0.3) is 0 Å². The number of methoxy groups -OCH3 is 1. The molecule has 0 aliphatic carbocycles. The zero-order valence-electron chi connectivity index (χ0n) is 10.9. The Morgan fingerprint density at radius 2 is 1.79 bits per heavy atom. The van der Waals surface area contributed by atoms with Crippen molar-refractivity contribution in [3.8, 4) is 5.75 Å². The molecule has 19 heavy (non-hydrogen) atoms. The molecule has 108 valence electrons. The van der Waals surface area contributed by atoms with Crippen molar-refractivity contribution in [2.24, 2.45) is 5.73 Å². The molecular weight excluding hydrogens is 257 g/mol. The van der Waals surface area contributed by atoms with Gasteiger partial charge in [-0.15, -0.1) is 0 Å². The van der Waals surface area contributed by atoms with Gasteiger partial charge in [0.15, 0.2) is 0 Å². The van der Waals surface area contributed by atoms with E-state index in [-0.39, 0.29) is 6.54 Å². The Hall–Kier alpha value is -1.43. The van der Waals surface area contributed by atoms with Crippen molar-refractivity contribution in [2.75, 3.05) is 31.6 Å². The molecular formula is C13H19F3N2O. The van der Waals surface area contributed by atoms with E-state index in [4.69, 9.17) is 10.5 Å². The van der Waals surface area contributed by atoms with E-state index in [0.717, 1.165) is 5.69 Å². The third kappa shape index (κ3) is 5.83. The second-order valence-corrected chi connectivity index (χ2v) is 4.19. The van der Waals surface area contributed by atoms with Gasteiger partial charge in [-0.3, -0.25) is 0 Å². The van der Waals surface area contributed by atoms with Crippen molar-refractivity contribution in [3.63, 3.8) is 0 Å². The highest BCUT2D eigenvalue weighted by atomic mass is 19.4. The summed E-state index contributed by atoms with van der Waals surface area (Å²) in [5.74, 6) is 0.679. The number of rotatable bonds is 7. The highest BCUT2D eigenvalue weighted by molar-refractivity contribution is 5.49. The third-order valence-electron chi connectivity index (χ3n) is 2.73. The first-order chi connectivity index (χ1) is 8.96. The Morgan fingerprint density at radius 1 is 1.16 bits per heavy atom. The molecule has 2 N–H and O–H groups in total. The Morgan fingerprint density at radius 3 is 2.26 bits per heavy atom. The maximum atomic E-state index is 12.3. The molecule has 0 amide bonds. The molecule has 0 spiro atoms. The molecule has 0 heterocycles. The van der Waals surface area contributed by atoms with Crippen LogP contribution in [0.2, 0.25) is 0 Å². The van der Waals surface area contributed by atoms with E-state index >= 15 is 0 Å². The summed E-state index contributed by atoms with van der Waals surface area (Å²) in [5, 5.41) is 0. The number of ether oxygens (including phenoxy) is 1. The quantitative estimate of drug-likeness (QED) is 0.832. The van der Waals surface area contributed by atoms with Gasteiger partial charge in [-0.2, -0.15) is 13.2 Å². The molecule has 0 unspecified atom stereocenters. The van der Waals surface area contributed by atoms with Crippen LogP contribution in [0.3, 0.4) is 0 Å². The average Bonchev–Trinajstić information content (AvgIpc) is 2.38. The summed E-state index contributed by atoms with van der Waals surface area (Å²) in [4.78, 5) is 1.69. The van der Waals surface area contributed by atoms with Crippen molar-refractivity contribution in [2.45, 2.75) is 19.0 Å². The minimum absolute atomic E-state index is 0.0597. The van der Waals surface area contributed by atoms with Gasteiger partial charge >= 0.3 is 6.18 Å². The number of hydrogen-bond donors (Lipinski definition) is 1. The van der Waals surface area contributed by atoms with Crippen molar-refractivity contribution in [3.05, 3.63) is 24.3 Å². The maximum Gasteiger partial charge on any atom is 0.390 e. The van der Waals surface area contributed by atoms with Crippen LogP contribution in [-0.4, -0.2) is 32.9 Å². The van der Waals surface area contributed by atoms with Crippen LogP contribution in [0.1, 0.15) is 12.8 Å². The van der Waals surface area contributed by atoms with Crippen LogP contribution in [-0.2, 0) is 0 Å². The fourth-order valence-electron chi connectivity index (χ4n) is 1.71. The molecule has 0 aliphatic heterocycles. The SMILES string of the molecule is COc1ccc(N(CCCN)CCC(F)(F)F)cc1. The average molecular weight is 276 g/mol. The summed E-state index contributed by atoms with van der Waals surface area (Å²) >= 11 is 0. The Kier molecular flexibility index (Phi) is 5.95. The van der Waals surface area contributed by atoms with Gasteiger partial charge in [0.2, 0.25) is 0 Å². The van der Waals surface area contributed by atoms with E-state index in [1.54, 1.807) is 36.3 Å². The molecule has 0 saturated carbocycles. The van der Waals surface area contributed by atoms with Gasteiger partial charge in [0.1, 0.15) is 5.75 Å². The number of nitrogens with zero attached hydrogens (tertiary/aromatic N) is 1. The number of nitrogens with two attached hydrogens (primary N) is 1. The first-order valence-electron chi connectivity index (χ1n) is 6.12. The Labute approximate surface area is 111 Å². The molecule has 1 aromatic rings. The monoisotopic (exact) mass is 276 g/mol. The second-order valence-electron chi connectivity index (χ2n) is 4.19. The Balaban J connectivity index is 2.70. The number of alkyl halides is 3. The van der Waals surface area contributed by atoms with E-state index in [9.17, 15) is 13.2 Å². The van der Waals surface area contributed by atoms with Crippen LogP contribution >= 0.6 is 0 Å². The van der Waals surface area contributed by atoms with Crippen molar-refractivity contribution in [1.29, 1.82) is 0 Å². The molecule has 0 aliphatic rings. The van der Waals surface area contributed by atoms with Gasteiger partial charge in [0.05, 0.1) is 13.5 Å². The molecule has 1 aromatic carbocycles. The molecule has 0 bridgehead atoms. The molecule has 0 atom stereocenters. The predicted molar refractivity (Wildman–Crippen MR) is 69.6 cm³/mol. The highest BCUT2D eigenvalue weighted by Gasteiger charge is 2.27. The summed E-state index contributed by atoms with van der Waals surface area (Å²) in [6.07, 6.45) is -4.32. The molecule has 6 heteroatoms. The number of anilines is 1. The molecule has 0 saturated heterocycles. The van der Waals surface area contributed by atoms with Crippen LogP contribution in [0.4, 0.5) is 18.9 Å². The second kappa shape index (κ2) is 7.23. The summed E-state index contributed by atoms with van der Waals surface area (Å²) < 4.78 is 41.9. The van der Waals surface area contributed by atoms with Gasteiger partial charge in [-0.1, -0.05) is 0 Å². The van der Waals surface area contributed by atoms with Gasteiger partial charge in [-0.25, -0.2) is 0 Å². The van der Waals surface area contributed by atoms with Crippen LogP contribution in [0.25, 0.3) is 0 Å². The predicted octanol–water partition coefficient (Wildman–Crippen LogP) is 2.80. The minimum Gasteiger partial charge on any atom is -0.497 e. The smallest absolute Gasteiger partial charge is 0.390 e. The summed E-state index contributed by atoms with van der Waals surface area (Å²) in [5.41, 5.74) is 6.16. The lowest BCUT2D eigenvalue weighted by Gasteiger charge is -2.25. The first kappa shape index (κ1) is 15.6. The topological polar surface area (TPSA) is 38.5 Å². The van der Waals surface area contributed by atoms with Crippen molar-refractivity contribution < 1.29 is 17.9 Å². The lowest BCUT2D eigenvalue weighted by Crippen LogP contribution is -2.30. The number of halogens is 3. The number of benzene rings is 1. The summed E-state index contributed by atoms with van der Waals surface area (Å²) in [6, 6.07) is 6.98. The van der Waals surface area contributed by atoms with Crippen LogP contribution < -0.4 is 15.4 Å². The van der Waals surface area contributed by atoms with E-state index < -0.39 is 12.6 Å². The first-order valence-corrected chi connectivity index (χ1v) is 6.12. The highest BCUT2D eigenvalue weighted by Crippen LogP contribution is 2.24. The van der Waals surface area contributed by atoms with Crippen LogP contribution in [0, 0.1) is 0 Å². The fraction of sp³-hybridized carbons (Fsp3) is 0.538. The van der Waals surface area contributed by atoms with E-state index in [1.807, 2.05) is 0 Å². The van der Waals surface area contributed by atoms with Gasteiger partial charge in [-0.05, 0) is 37.2 Å². The number of hydrogen-bond acceptors (Lipinski definition) is 3. The zero-order chi connectivity index (χ0) is 14.3. The zero-order valence-corrected chi connectivity index (χ0v) is 10.9. The van der Waals surface area contributed by atoms with E-state index in [2.05, 4.69) is 0 Å². The fourth-order valence-corrected chi connectivity index (χ4v) is 1.71. The van der Waals surface area contributed by atoms with Crippen LogP contribution in [0.5, 0.6) is 5.75 Å². The standard InChI is InChI=1S/C13H19F3N2O/c1-19-12-5-3-11(4-6-12)18(9-2-8-17)10-7-13(14,15)16/h3-6H,2,7-10,17H2,1H3. The van der Waals surface area contributed by atoms with E-state index in [1.165, 1.54) is 0 Å². The van der Waals surface area contributed by atoms with E-state index in [0.29, 0.717) is 25.3 Å². The third-order valence-corrected chi connectivity index (χ3v) is 2.73. The lowest BCUT2D eigenvalue weighted by molar-refractivity contribution is -0.132. The normalized spacial score (nSPS) is 11.4. The molecule has 0 aromatic heterocycles. The summed E-state index contributed by atoms with van der Waals surface area (Å²) in [7, 11) is 1.55.